The van der Waals surface area contributed by atoms with Crippen LogP contribution in [0.5, 0.6) is 0 Å². The Morgan fingerprint density at radius 2 is 0.803 bits per heavy atom. The van der Waals surface area contributed by atoms with Gasteiger partial charge in [-0.2, -0.15) is 0 Å². The first-order chi connectivity index (χ1) is 35.0. The number of fused-ring (bicyclic) bond motifs is 1. The summed E-state index contributed by atoms with van der Waals surface area (Å²) in [5.41, 5.74) is 0.908. The quantitative estimate of drug-likeness (QED) is 0.0585. The van der Waals surface area contributed by atoms with Gasteiger partial charge in [0.2, 0.25) is 11.8 Å². The summed E-state index contributed by atoms with van der Waals surface area (Å²) in [5, 5.41) is 5.34. The van der Waals surface area contributed by atoms with Gasteiger partial charge in [-0.3, -0.25) is 29.4 Å². The minimum absolute atomic E-state index is 0.0649. The van der Waals surface area contributed by atoms with E-state index in [1.165, 1.54) is 77.0 Å². The Balaban J connectivity index is 0.923. The first-order valence-corrected chi connectivity index (χ1v) is 26.6. The van der Waals surface area contributed by atoms with Gasteiger partial charge in [0.15, 0.2) is 0 Å². The first kappa shape index (κ1) is 62.1. The van der Waals surface area contributed by atoms with Crippen LogP contribution in [0.1, 0.15) is 124 Å². The number of unbranched alkanes of at least 4 members (excludes halogenated alkanes) is 12. The van der Waals surface area contributed by atoms with Crippen LogP contribution in [0.4, 0.5) is 5.69 Å². The fraction of sp³-hybridized carbons (Fsp3) is 0.808. The summed E-state index contributed by atoms with van der Waals surface area (Å²) in [5.74, 6) is -2.17. The third-order valence-electron chi connectivity index (χ3n) is 11.5. The Labute approximate surface area is 423 Å². The van der Waals surface area contributed by atoms with E-state index in [1.807, 2.05) is 0 Å². The second-order valence-corrected chi connectivity index (χ2v) is 17.2. The molecule has 1 atom stereocenters. The summed E-state index contributed by atoms with van der Waals surface area (Å²) in [6.07, 6.45) is 17.8. The molecule has 0 aromatic heterocycles. The van der Waals surface area contributed by atoms with Gasteiger partial charge in [-0.05, 0) is 25.0 Å². The van der Waals surface area contributed by atoms with Crippen molar-refractivity contribution in [2.45, 2.75) is 109 Å². The van der Waals surface area contributed by atoms with Crippen molar-refractivity contribution in [1.82, 2.24) is 10.2 Å². The predicted molar refractivity (Wildman–Crippen MR) is 267 cm³/mol. The zero-order valence-corrected chi connectivity index (χ0v) is 43.1. The second kappa shape index (κ2) is 44.3. The smallest absolute Gasteiger partial charge is 0.264 e. The monoisotopic (exact) mass is 1010 g/mol. The number of amides is 4. The Morgan fingerprint density at radius 3 is 1.18 bits per heavy atom. The van der Waals surface area contributed by atoms with E-state index >= 15 is 0 Å². The van der Waals surface area contributed by atoms with E-state index in [0.717, 1.165) is 17.9 Å². The van der Waals surface area contributed by atoms with Crippen molar-refractivity contribution in [3.8, 4) is 0 Å². The number of piperidine rings is 1. The number of ether oxygens (including phenoxy) is 12. The van der Waals surface area contributed by atoms with Gasteiger partial charge in [0, 0.05) is 25.3 Å². The van der Waals surface area contributed by atoms with Crippen LogP contribution in [0.2, 0.25) is 0 Å². The second-order valence-electron chi connectivity index (χ2n) is 17.2. The molecule has 0 radical (unpaired) electrons. The van der Waals surface area contributed by atoms with Crippen molar-refractivity contribution in [1.29, 1.82) is 0 Å². The number of anilines is 1. The molecule has 2 aliphatic rings. The van der Waals surface area contributed by atoms with Crippen LogP contribution in [0.15, 0.2) is 18.2 Å². The van der Waals surface area contributed by atoms with E-state index in [4.69, 9.17) is 56.8 Å². The fourth-order valence-electron chi connectivity index (χ4n) is 7.66. The zero-order valence-electron chi connectivity index (χ0n) is 43.1. The van der Waals surface area contributed by atoms with Gasteiger partial charge in [-0.25, -0.2) is 0 Å². The molecule has 3 rings (SSSR count). The summed E-state index contributed by atoms with van der Waals surface area (Å²) in [4.78, 5) is 51.0. The Morgan fingerprint density at radius 1 is 0.451 bits per heavy atom. The molecule has 1 unspecified atom stereocenters. The van der Waals surface area contributed by atoms with Crippen molar-refractivity contribution in [2.24, 2.45) is 0 Å². The predicted octanol–water partition coefficient (Wildman–Crippen LogP) is 5.79. The number of imide groups is 2. The lowest BCUT2D eigenvalue weighted by atomic mass is 10.0. The summed E-state index contributed by atoms with van der Waals surface area (Å²) < 4.78 is 66.7. The minimum Gasteiger partial charge on any atom is -0.382 e. The average molecular weight is 1010 g/mol. The third-order valence-corrected chi connectivity index (χ3v) is 11.5. The van der Waals surface area contributed by atoms with Crippen LogP contribution in [0, 0.1) is 0 Å². The lowest BCUT2D eigenvalue weighted by molar-refractivity contribution is -0.136. The highest BCUT2D eigenvalue weighted by Gasteiger charge is 2.45. The van der Waals surface area contributed by atoms with E-state index in [9.17, 15) is 19.2 Å². The fourth-order valence-corrected chi connectivity index (χ4v) is 7.66. The van der Waals surface area contributed by atoms with Crippen LogP contribution in [0.3, 0.4) is 0 Å². The number of carbonyl (C=O) groups is 4. The molecule has 2 N–H and O–H groups in total. The summed E-state index contributed by atoms with van der Waals surface area (Å²) in [6, 6.07) is 3.91. The first-order valence-electron chi connectivity index (χ1n) is 26.6. The Hall–Kier alpha value is -3.18. The molecule has 2 aliphatic heterocycles. The Bertz CT molecular complexity index is 1510. The van der Waals surface area contributed by atoms with Gasteiger partial charge in [-0.1, -0.05) is 90.0 Å². The van der Waals surface area contributed by atoms with E-state index < -0.39 is 29.7 Å². The van der Waals surface area contributed by atoms with Crippen molar-refractivity contribution in [2.75, 3.05) is 170 Å². The van der Waals surface area contributed by atoms with Gasteiger partial charge in [0.25, 0.3) is 11.8 Å². The topological polar surface area (TPSA) is 206 Å². The van der Waals surface area contributed by atoms with E-state index in [0.29, 0.717) is 164 Å². The summed E-state index contributed by atoms with van der Waals surface area (Å²) >= 11 is 0. The molecule has 1 saturated heterocycles. The normalized spacial score (nSPS) is 14.8. The minimum atomic E-state index is -1.01. The van der Waals surface area contributed by atoms with Crippen LogP contribution in [-0.4, -0.2) is 200 Å². The van der Waals surface area contributed by atoms with Crippen LogP contribution in [0.25, 0.3) is 0 Å². The highest BCUT2D eigenvalue weighted by Crippen LogP contribution is 2.32. The summed E-state index contributed by atoms with van der Waals surface area (Å²) in [6.45, 7) is 14.5. The van der Waals surface area contributed by atoms with Gasteiger partial charge in [0.1, 0.15) is 6.04 Å². The van der Waals surface area contributed by atoms with Crippen molar-refractivity contribution in [3.05, 3.63) is 29.3 Å². The number of hydrogen-bond acceptors (Lipinski definition) is 17. The van der Waals surface area contributed by atoms with Crippen LogP contribution < -0.4 is 10.6 Å². The molecule has 0 saturated carbocycles. The molecule has 0 aliphatic carbocycles. The van der Waals surface area contributed by atoms with E-state index in [-0.39, 0.29) is 24.0 Å². The van der Waals surface area contributed by atoms with Crippen LogP contribution >= 0.6 is 0 Å². The molecule has 4 amide bonds. The molecular formula is C52H89N3O16. The highest BCUT2D eigenvalue weighted by atomic mass is 16.6. The summed E-state index contributed by atoms with van der Waals surface area (Å²) in [7, 11) is 0. The third kappa shape index (κ3) is 30.6. The average Bonchev–Trinajstić information content (AvgIpc) is 3.62. The van der Waals surface area contributed by atoms with Crippen LogP contribution in [-0.2, 0) is 66.4 Å². The van der Waals surface area contributed by atoms with Gasteiger partial charge < -0.3 is 62.2 Å². The molecule has 1 fully saturated rings. The molecular weight excluding hydrogens is 923 g/mol. The number of rotatable bonds is 52. The molecule has 0 spiro atoms. The molecule has 1 aromatic rings. The van der Waals surface area contributed by atoms with Crippen molar-refractivity contribution >= 4 is 29.3 Å². The van der Waals surface area contributed by atoms with Gasteiger partial charge in [0.05, 0.1) is 163 Å². The molecule has 0 bridgehead atoms. The van der Waals surface area contributed by atoms with Crippen molar-refractivity contribution in [3.63, 3.8) is 0 Å². The zero-order chi connectivity index (χ0) is 50.5. The highest BCUT2D eigenvalue weighted by molar-refractivity contribution is 6.25. The standard InChI is InChI=1S/C52H89N3O16/c1-2-3-4-5-6-7-8-9-10-11-12-13-14-21-60-23-25-62-27-29-64-31-33-66-35-37-68-39-41-70-43-44-71-42-40-69-38-36-67-34-32-65-30-28-63-26-24-61-22-20-53-46-17-15-16-45-49(46)52(59)55(51(45)58)47-18-19-48(56)54-50(47)57/h15-17,47,53H,2-14,18-44H2,1H3,(H,54,56,57). The molecule has 2 heterocycles. The molecule has 1 aromatic carbocycles. The number of hydrogen-bond donors (Lipinski definition) is 2. The van der Waals surface area contributed by atoms with Gasteiger partial charge in [-0.15, -0.1) is 0 Å². The lowest BCUT2D eigenvalue weighted by Gasteiger charge is -2.27. The number of benzene rings is 1. The number of carbonyl (C=O) groups excluding carboxylic acids is 4. The van der Waals surface area contributed by atoms with E-state index in [2.05, 4.69) is 17.6 Å². The number of nitrogens with one attached hydrogen (secondary N) is 2. The maximum Gasteiger partial charge on any atom is 0.264 e. The number of nitrogens with zero attached hydrogens (tertiary/aromatic N) is 1. The maximum atomic E-state index is 13.2. The molecule has 408 valence electrons. The Kier molecular flexibility index (Phi) is 38.8. The molecule has 19 heteroatoms. The van der Waals surface area contributed by atoms with Gasteiger partial charge >= 0.3 is 0 Å². The lowest BCUT2D eigenvalue weighted by Crippen LogP contribution is -2.54. The maximum absolute atomic E-state index is 13.2. The largest absolute Gasteiger partial charge is 0.382 e. The molecule has 19 nitrogen and oxygen atoms in total. The SMILES string of the molecule is CCCCCCCCCCCCCCCOCCOCCOCCOCCOCCOCCOCCOCCOCCOCCOCCOCCNc1cccc2c1C(=O)N(C1CCC(=O)NC1=O)C2=O. The molecule has 71 heavy (non-hydrogen) atoms. The van der Waals surface area contributed by atoms with Crippen molar-refractivity contribution < 1.29 is 76.0 Å². The van der Waals surface area contributed by atoms with E-state index in [1.54, 1.807) is 18.2 Å².